The van der Waals surface area contributed by atoms with E-state index in [2.05, 4.69) is 10.6 Å². The van der Waals surface area contributed by atoms with E-state index in [0.29, 0.717) is 39.7 Å². The third-order valence-corrected chi connectivity index (χ3v) is 11.4. The number of hydrogen-bond acceptors (Lipinski definition) is 10. The second-order valence-electron chi connectivity index (χ2n) is 15.2. The first-order valence-corrected chi connectivity index (χ1v) is 19.4. The van der Waals surface area contributed by atoms with E-state index in [0.717, 1.165) is 4.90 Å². The van der Waals surface area contributed by atoms with Crippen molar-refractivity contribution in [3.05, 3.63) is 83.4 Å². The van der Waals surface area contributed by atoms with Crippen LogP contribution < -0.4 is 24.8 Å². The number of rotatable bonds is 4. The van der Waals surface area contributed by atoms with Gasteiger partial charge in [0.25, 0.3) is 5.91 Å². The quantitative estimate of drug-likeness (QED) is 0.369. The Morgan fingerprint density at radius 1 is 0.644 bits per heavy atom. The summed E-state index contributed by atoms with van der Waals surface area (Å²) in [5.74, 6) is -2.79. The number of carbonyl (C=O) groups excluding carboxylic acids is 7. The summed E-state index contributed by atoms with van der Waals surface area (Å²) in [6.07, 6.45) is -0.126. The number of hydrogen-bond donors (Lipinski definition) is 2. The molecule has 16 nitrogen and oxygen atoms in total. The topological polar surface area (TPSA) is 184 Å². The summed E-state index contributed by atoms with van der Waals surface area (Å²) < 4.78 is 17.0. The highest BCUT2D eigenvalue weighted by molar-refractivity contribution is 6.06. The van der Waals surface area contributed by atoms with Crippen LogP contribution in [0.2, 0.25) is 0 Å². The fourth-order valence-corrected chi connectivity index (χ4v) is 7.76. The van der Waals surface area contributed by atoms with Gasteiger partial charge in [0.2, 0.25) is 35.4 Å². The largest absolute Gasteiger partial charge is 0.497 e. The van der Waals surface area contributed by atoms with Crippen molar-refractivity contribution in [2.24, 2.45) is 0 Å². The van der Waals surface area contributed by atoms with Crippen LogP contribution in [0.5, 0.6) is 23.0 Å². The van der Waals surface area contributed by atoms with E-state index in [1.165, 1.54) is 63.9 Å². The summed E-state index contributed by atoms with van der Waals surface area (Å²) in [5, 5.41) is 5.47. The van der Waals surface area contributed by atoms with Crippen LogP contribution in [0, 0.1) is 0 Å². The van der Waals surface area contributed by atoms with Crippen molar-refractivity contribution in [3.63, 3.8) is 0 Å². The zero-order chi connectivity index (χ0) is 42.7. The highest BCUT2D eigenvalue weighted by Gasteiger charge is 2.46. The number of carbonyl (C=O) groups is 7. The number of benzene rings is 3. The van der Waals surface area contributed by atoms with Crippen LogP contribution in [-0.4, -0.2) is 133 Å². The Hall–Kier alpha value is -6.45. The first-order chi connectivity index (χ1) is 28.1. The van der Waals surface area contributed by atoms with Gasteiger partial charge in [0, 0.05) is 46.8 Å². The molecule has 7 amide bonds. The molecular weight excluding hydrogens is 761 g/mol. The molecule has 6 bridgehead atoms. The Labute approximate surface area is 342 Å². The van der Waals surface area contributed by atoms with Crippen molar-refractivity contribution < 1.29 is 47.8 Å². The van der Waals surface area contributed by atoms with Gasteiger partial charge in [-0.05, 0) is 73.4 Å². The van der Waals surface area contributed by atoms with Crippen LogP contribution in [0.3, 0.4) is 0 Å². The molecule has 4 aliphatic heterocycles. The summed E-state index contributed by atoms with van der Waals surface area (Å²) in [4.78, 5) is 104. The zero-order valence-corrected chi connectivity index (χ0v) is 34.2. The maximum atomic E-state index is 14.8. The lowest BCUT2D eigenvalue weighted by atomic mass is 9.98. The van der Waals surface area contributed by atoms with E-state index in [-0.39, 0.29) is 32.1 Å². The smallest absolute Gasteiger partial charge is 0.252 e. The SMILES string of the molecule is COc1ccc(C[C@H]2C(=O)N[C@@H](C)C(=O)N(C)[C@H]3Cc4ccc(cc4)Oc4cc(ccc4OC)C[C@@H](C(=O)N[C@H](C)C(=O)N4C(=O)CC[C@H]4C(=O)N2C)N(C)C3=O)cc1. The number of ether oxygens (including phenoxy) is 3. The number of nitrogens with zero attached hydrogens (tertiary/aromatic N) is 4. The molecule has 0 spiro atoms. The Morgan fingerprint density at radius 3 is 1.90 bits per heavy atom. The fraction of sp³-hybridized carbons (Fsp3) is 0.419. The molecule has 59 heavy (non-hydrogen) atoms. The first-order valence-electron chi connectivity index (χ1n) is 19.4. The Kier molecular flexibility index (Phi) is 12.6. The highest BCUT2D eigenvalue weighted by Crippen LogP contribution is 2.34. The number of fused-ring (bicyclic) bond motifs is 3. The molecule has 2 saturated heterocycles. The normalized spacial score (nSPS) is 24.8. The molecule has 3 aromatic carbocycles. The van der Waals surface area contributed by atoms with E-state index in [1.807, 2.05) is 0 Å². The molecule has 4 heterocycles. The van der Waals surface area contributed by atoms with E-state index < -0.39 is 77.6 Å². The van der Waals surface area contributed by atoms with Gasteiger partial charge in [-0.2, -0.15) is 0 Å². The van der Waals surface area contributed by atoms with Crippen LogP contribution in [-0.2, 0) is 52.8 Å². The molecule has 7 rings (SSSR count). The summed E-state index contributed by atoms with van der Waals surface area (Å²) >= 11 is 0. The van der Waals surface area contributed by atoms with Gasteiger partial charge >= 0.3 is 0 Å². The molecule has 16 heteroatoms. The summed E-state index contributed by atoms with van der Waals surface area (Å²) in [7, 11) is 7.34. The molecule has 0 radical (unpaired) electrons. The number of methoxy groups -OCH3 is 2. The monoisotopic (exact) mass is 810 g/mol. The number of amides is 7. The number of likely N-dealkylation sites (N-methyl/N-ethyl adjacent to an activating group) is 3. The molecule has 0 aliphatic carbocycles. The van der Waals surface area contributed by atoms with Crippen molar-refractivity contribution in [1.82, 2.24) is 30.2 Å². The number of nitrogens with one attached hydrogen (secondary N) is 2. The van der Waals surface area contributed by atoms with Gasteiger partial charge in [0.15, 0.2) is 11.5 Å². The van der Waals surface area contributed by atoms with E-state index >= 15 is 0 Å². The highest BCUT2D eigenvalue weighted by atomic mass is 16.5. The van der Waals surface area contributed by atoms with Gasteiger partial charge in [0.1, 0.15) is 47.8 Å². The van der Waals surface area contributed by atoms with E-state index in [9.17, 15) is 33.6 Å². The minimum Gasteiger partial charge on any atom is -0.497 e. The molecular formula is C43H50N6O10. The average Bonchev–Trinajstić information content (AvgIpc) is 3.62. The van der Waals surface area contributed by atoms with Crippen molar-refractivity contribution >= 4 is 41.4 Å². The summed E-state index contributed by atoms with van der Waals surface area (Å²) in [6.45, 7) is 2.89. The average molecular weight is 811 g/mol. The Balaban J connectivity index is 1.44. The second-order valence-corrected chi connectivity index (χ2v) is 15.2. The summed E-state index contributed by atoms with van der Waals surface area (Å²) in [6, 6.07) is 11.7. The molecule has 0 saturated carbocycles. The van der Waals surface area contributed by atoms with Gasteiger partial charge < -0.3 is 39.5 Å². The van der Waals surface area contributed by atoms with Crippen LogP contribution in [0.4, 0.5) is 0 Å². The standard InChI is InChI=1S/C43H50N6O10/c1-24-40(53)48(5)34-21-27-10-15-30(16-11-27)59-36-23-28(12-18-35(36)58-7)22-33(47(4)43(34)56)39(52)45-25(2)41(54)49-31(17-19-37(49)50)42(55)46(3)32(38(51)44-24)20-26-8-13-29(57-6)14-9-26/h8-16,18,23-25,31-34H,17,19-22H2,1-7H3,(H,44,51)(H,45,52)/t24-,25+,31-,32-,33-,34-/m0/s1. The Bertz CT molecular complexity index is 2130. The molecule has 312 valence electrons. The molecule has 0 aromatic heterocycles. The van der Waals surface area contributed by atoms with Gasteiger partial charge in [-0.1, -0.05) is 30.3 Å². The molecule has 2 N–H and O–H groups in total. The minimum absolute atomic E-state index is 0.00335. The van der Waals surface area contributed by atoms with Crippen molar-refractivity contribution in [3.8, 4) is 23.0 Å². The predicted octanol–water partition coefficient (Wildman–Crippen LogP) is 1.86. The molecule has 3 aromatic rings. The lowest BCUT2D eigenvalue weighted by Gasteiger charge is -2.37. The van der Waals surface area contributed by atoms with Crippen LogP contribution in [0.25, 0.3) is 0 Å². The second kappa shape index (κ2) is 17.6. The molecule has 2 fully saturated rings. The van der Waals surface area contributed by atoms with Crippen molar-refractivity contribution in [1.29, 1.82) is 0 Å². The van der Waals surface area contributed by atoms with E-state index in [4.69, 9.17) is 14.2 Å². The fourth-order valence-electron chi connectivity index (χ4n) is 7.76. The third-order valence-electron chi connectivity index (χ3n) is 11.4. The van der Waals surface area contributed by atoms with Crippen LogP contribution in [0.1, 0.15) is 43.4 Å². The molecule has 6 atom stereocenters. The van der Waals surface area contributed by atoms with Crippen molar-refractivity contribution in [2.75, 3.05) is 35.4 Å². The van der Waals surface area contributed by atoms with Crippen molar-refractivity contribution in [2.45, 2.75) is 82.2 Å². The maximum Gasteiger partial charge on any atom is 0.252 e. The lowest BCUT2D eigenvalue weighted by molar-refractivity contribution is -0.154. The number of imide groups is 1. The Morgan fingerprint density at radius 2 is 1.24 bits per heavy atom. The summed E-state index contributed by atoms with van der Waals surface area (Å²) in [5.41, 5.74) is 1.92. The van der Waals surface area contributed by atoms with Gasteiger partial charge in [0.05, 0.1) is 14.2 Å². The maximum absolute atomic E-state index is 14.8. The molecule has 4 aliphatic rings. The van der Waals surface area contributed by atoms with Crippen LogP contribution in [0.15, 0.2) is 66.7 Å². The zero-order valence-electron chi connectivity index (χ0n) is 34.2. The van der Waals surface area contributed by atoms with Gasteiger partial charge in [-0.3, -0.25) is 38.5 Å². The van der Waals surface area contributed by atoms with Gasteiger partial charge in [-0.25, -0.2) is 0 Å². The third kappa shape index (κ3) is 8.86. The van der Waals surface area contributed by atoms with E-state index in [1.54, 1.807) is 66.7 Å². The predicted molar refractivity (Wildman–Crippen MR) is 213 cm³/mol. The van der Waals surface area contributed by atoms with Gasteiger partial charge in [-0.15, -0.1) is 0 Å². The minimum atomic E-state index is -1.31. The van der Waals surface area contributed by atoms with Crippen LogP contribution >= 0.6 is 0 Å². The first kappa shape index (κ1) is 42.2. The molecule has 0 unspecified atom stereocenters. The lowest BCUT2D eigenvalue weighted by Crippen LogP contribution is -2.62.